The Hall–Kier alpha value is -0.943. The summed E-state index contributed by atoms with van der Waals surface area (Å²) in [4.78, 5) is 14.3. The second-order valence-electron chi connectivity index (χ2n) is 1.90. The van der Waals surface area contributed by atoms with E-state index in [1.54, 1.807) is 12.2 Å². The quantitative estimate of drug-likeness (QED) is 0.351. The van der Waals surface area contributed by atoms with Crippen molar-refractivity contribution in [1.82, 2.24) is 0 Å². The fourth-order valence-corrected chi connectivity index (χ4v) is 0.0962. The van der Waals surface area contributed by atoms with Crippen LogP contribution in [0.3, 0.4) is 0 Å². The predicted molar refractivity (Wildman–Crippen MR) is 46.7 cm³/mol. The zero-order valence-electron chi connectivity index (χ0n) is 7.06. The normalized spacial score (nSPS) is 16.9. The summed E-state index contributed by atoms with van der Waals surface area (Å²) >= 11 is 0. The summed E-state index contributed by atoms with van der Waals surface area (Å²) in [6.45, 7) is 9.76. The van der Waals surface area contributed by atoms with Crippen LogP contribution in [-0.4, -0.2) is 31.5 Å². The molecule has 0 aromatic carbocycles. The Balaban J connectivity index is 0. The number of rotatable bonds is 1. The van der Waals surface area contributed by atoms with E-state index in [1.165, 1.54) is 0 Å². The van der Waals surface area contributed by atoms with Gasteiger partial charge < -0.3 is 14.3 Å². The van der Waals surface area contributed by atoms with Crippen LogP contribution < -0.4 is 0 Å². The van der Waals surface area contributed by atoms with E-state index in [0.717, 1.165) is 6.61 Å². The number of hydrogen-bond donors (Lipinski definition) is 2. The lowest BCUT2D eigenvalue weighted by atomic mass is 10.6. The van der Waals surface area contributed by atoms with Crippen LogP contribution in [0, 0.1) is 0 Å². The van der Waals surface area contributed by atoms with Crippen molar-refractivity contribution in [3.8, 4) is 0 Å². The molecule has 5 heteroatoms. The van der Waals surface area contributed by atoms with Crippen LogP contribution >= 0.6 is 0 Å². The molecule has 0 aliphatic carbocycles. The van der Waals surface area contributed by atoms with Crippen molar-refractivity contribution in [1.29, 1.82) is 0 Å². The highest BCUT2D eigenvalue weighted by Gasteiger charge is 2.13. The molecular formula is C7H14O4Si. The van der Waals surface area contributed by atoms with Crippen LogP contribution in [0.1, 0.15) is 6.92 Å². The van der Waals surface area contributed by atoms with E-state index in [4.69, 9.17) is 18.8 Å². The van der Waals surface area contributed by atoms with Gasteiger partial charge in [-0.05, 0) is 6.92 Å². The van der Waals surface area contributed by atoms with Gasteiger partial charge >= 0.3 is 9.17 Å². The lowest BCUT2D eigenvalue weighted by Crippen LogP contribution is -1.90. The van der Waals surface area contributed by atoms with Gasteiger partial charge in [0, 0.05) is 0 Å². The summed E-state index contributed by atoms with van der Waals surface area (Å²) in [6, 6.07) is 0. The van der Waals surface area contributed by atoms with E-state index in [1.807, 2.05) is 0 Å². The molecule has 0 aromatic heterocycles. The zero-order chi connectivity index (χ0) is 9.98. The maximum Gasteiger partial charge on any atom is 0.761 e. The van der Waals surface area contributed by atoms with Crippen LogP contribution in [-0.2, 0) is 9.20 Å². The molecule has 1 saturated heterocycles. The van der Waals surface area contributed by atoms with Crippen LogP contribution in [0.2, 0.25) is 0 Å². The molecule has 1 aliphatic heterocycles. The van der Waals surface area contributed by atoms with Gasteiger partial charge in [-0.25, -0.2) is 0 Å². The largest absolute Gasteiger partial charge is 0.761 e. The first-order valence-electron chi connectivity index (χ1n) is 3.31. The summed E-state index contributed by atoms with van der Waals surface area (Å²) in [5.74, 6) is 0. The first kappa shape index (κ1) is 13.6. The molecule has 1 fully saturated rings. The first-order chi connectivity index (χ1) is 5.54. The Morgan fingerprint density at radius 3 is 1.67 bits per heavy atom. The molecule has 0 spiro atoms. The van der Waals surface area contributed by atoms with Crippen LogP contribution in [0.5, 0.6) is 0 Å². The van der Waals surface area contributed by atoms with Crippen LogP contribution in [0.4, 0.5) is 0 Å². The average molecular weight is 190 g/mol. The van der Waals surface area contributed by atoms with Gasteiger partial charge in [-0.3, -0.25) is 4.46 Å². The minimum atomic E-state index is -3.13. The molecular weight excluding hydrogens is 176 g/mol. The van der Waals surface area contributed by atoms with Crippen molar-refractivity contribution in [2.75, 3.05) is 6.61 Å². The molecule has 0 amide bonds. The molecule has 2 N–H and O–H groups in total. The molecule has 1 aliphatic rings. The molecule has 4 nitrogen and oxygen atoms in total. The van der Waals surface area contributed by atoms with E-state index < -0.39 is 9.17 Å². The molecule has 1 atom stereocenters. The predicted octanol–water partition coefficient (Wildman–Crippen LogP) is 0.150. The lowest BCUT2D eigenvalue weighted by molar-refractivity contribution is 0.330. The van der Waals surface area contributed by atoms with Crippen LogP contribution in [0.15, 0.2) is 25.3 Å². The maximum atomic E-state index is 8.74. The van der Waals surface area contributed by atoms with E-state index in [0.29, 0.717) is 6.10 Å². The number of ether oxygens (including phenoxy) is 1. The Morgan fingerprint density at radius 2 is 1.67 bits per heavy atom. The highest BCUT2D eigenvalue weighted by Crippen LogP contribution is 2.04. The standard InChI is InChI=1S/C4H6.C3H6O.H2O3Si/c1-3-4-2;1-3-2-4-3;1-4(2)3/h3-4H,1-2H2;3H,2H2,1H3;1-2H. The van der Waals surface area contributed by atoms with E-state index in [9.17, 15) is 0 Å². The summed E-state index contributed by atoms with van der Waals surface area (Å²) < 4.78 is 13.4. The van der Waals surface area contributed by atoms with Gasteiger partial charge in [0.2, 0.25) is 0 Å². The average Bonchev–Trinajstić information content (AvgIpc) is 2.71. The molecule has 0 radical (unpaired) electrons. The SMILES string of the molecule is C=CC=C.CC1CO1.O=[Si](O)O. The Morgan fingerprint density at radius 1 is 1.50 bits per heavy atom. The lowest BCUT2D eigenvalue weighted by Gasteiger charge is -1.55. The summed E-state index contributed by atoms with van der Waals surface area (Å²) in [5.41, 5.74) is 0. The summed E-state index contributed by atoms with van der Waals surface area (Å²) in [6.07, 6.45) is 3.86. The van der Waals surface area contributed by atoms with Gasteiger partial charge in [0.05, 0.1) is 12.7 Å². The Bertz CT molecular complexity index is 132. The van der Waals surface area contributed by atoms with E-state index >= 15 is 0 Å². The minimum absolute atomic E-state index is 0.583. The minimum Gasteiger partial charge on any atom is -0.511 e. The fraction of sp³-hybridized carbons (Fsp3) is 0.429. The second-order valence-corrected chi connectivity index (χ2v) is 2.46. The van der Waals surface area contributed by atoms with Gasteiger partial charge in [0.15, 0.2) is 0 Å². The molecule has 0 bridgehead atoms. The monoisotopic (exact) mass is 190 g/mol. The molecule has 12 heavy (non-hydrogen) atoms. The fourth-order valence-electron chi connectivity index (χ4n) is 0.0962. The van der Waals surface area contributed by atoms with Gasteiger partial charge in [0.25, 0.3) is 0 Å². The molecule has 0 saturated carbocycles. The third kappa shape index (κ3) is 62.9. The molecule has 0 aromatic rings. The summed E-state index contributed by atoms with van der Waals surface area (Å²) in [5, 5.41) is 0. The Labute approximate surface area is 73.7 Å². The van der Waals surface area contributed by atoms with Crippen molar-refractivity contribution in [2.24, 2.45) is 0 Å². The third-order valence-corrected chi connectivity index (χ3v) is 0.667. The molecule has 1 heterocycles. The van der Waals surface area contributed by atoms with Crippen molar-refractivity contribution in [2.45, 2.75) is 13.0 Å². The smallest absolute Gasteiger partial charge is 0.511 e. The van der Waals surface area contributed by atoms with Crippen molar-refractivity contribution >= 4 is 9.17 Å². The number of epoxide rings is 1. The Kier molecular flexibility index (Phi) is 11.4. The van der Waals surface area contributed by atoms with Gasteiger partial charge in [-0.2, -0.15) is 0 Å². The topological polar surface area (TPSA) is 70.1 Å². The van der Waals surface area contributed by atoms with Gasteiger partial charge in [0.1, 0.15) is 0 Å². The number of allylic oxidation sites excluding steroid dienone is 2. The maximum absolute atomic E-state index is 8.74. The number of hydrogen-bond acceptors (Lipinski definition) is 2. The third-order valence-electron chi connectivity index (χ3n) is 0.667. The molecule has 1 rings (SSSR count). The van der Waals surface area contributed by atoms with Crippen LogP contribution in [0.25, 0.3) is 0 Å². The summed E-state index contributed by atoms with van der Waals surface area (Å²) in [7, 11) is -3.13. The highest BCUT2D eigenvalue weighted by atomic mass is 28.3. The highest BCUT2D eigenvalue weighted by molar-refractivity contribution is 6.22. The van der Waals surface area contributed by atoms with Crippen molar-refractivity contribution in [3.63, 3.8) is 0 Å². The van der Waals surface area contributed by atoms with Gasteiger partial charge in [-0.1, -0.05) is 25.3 Å². The second kappa shape index (κ2) is 10.1. The first-order valence-corrected chi connectivity index (χ1v) is 4.61. The molecule has 1 unspecified atom stereocenters. The van der Waals surface area contributed by atoms with Crippen molar-refractivity contribution in [3.05, 3.63) is 25.3 Å². The zero-order valence-corrected chi connectivity index (χ0v) is 8.06. The van der Waals surface area contributed by atoms with Crippen molar-refractivity contribution < 1.29 is 18.8 Å². The van der Waals surface area contributed by atoms with Gasteiger partial charge in [-0.15, -0.1) is 0 Å². The van der Waals surface area contributed by atoms with E-state index in [-0.39, 0.29) is 0 Å². The van der Waals surface area contributed by atoms with E-state index in [2.05, 4.69) is 20.1 Å². The molecule has 70 valence electrons.